The molecule has 1 aliphatic rings. The summed E-state index contributed by atoms with van der Waals surface area (Å²) in [6.07, 6.45) is 19.2. The highest BCUT2D eigenvalue weighted by Crippen LogP contribution is 2.38. The number of allylic oxidation sites excluding steroid dienone is 4. The zero-order valence-electron chi connectivity index (χ0n) is 24.6. The number of rotatable bonds is 17. The molecule has 0 aromatic carbocycles. The summed E-state index contributed by atoms with van der Waals surface area (Å²) in [5.41, 5.74) is 0. The molecule has 0 aromatic rings. The number of esters is 1. The van der Waals surface area contributed by atoms with Gasteiger partial charge in [-0.1, -0.05) is 77.7 Å². The molecule has 0 unspecified atom stereocenters. The van der Waals surface area contributed by atoms with Gasteiger partial charge in [0.2, 0.25) is 0 Å². The monoisotopic (exact) mass is 524 g/mol. The van der Waals surface area contributed by atoms with Crippen LogP contribution < -0.4 is 0 Å². The van der Waals surface area contributed by atoms with Crippen molar-refractivity contribution in [2.24, 2.45) is 5.92 Å². The molecule has 1 N–H and O–H groups in total. The number of aliphatic hydroxyl groups is 1. The van der Waals surface area contributed by atoms with Crippen molar-refractivity contribution < 1.29 is 23.9 Å². The minimum absolute atomic E-state index is 0.0354. The van der Waals surface area contributed by atoms with Crippen molar-refractivity contribution in [1.29, 1.82) is 0 Å². The van der Waals surface area contributed by atoms with Gasteiger partial charge in [-0.15, -0.1) is 0 Å². The Labute approximate surface area is 223 Å². The van der Waals surface area contributed by atoms with E-state index in [1.165, 1.54) is 19.3 Å². The van der Waals surface area contributed by atoms with E-state index in [-0.39, 0.29) is 35.2 Å². The molecule has 36 heavy (non-hydrogen) atoms. The lowest BCUT2D eigenvalue weighted by Gasteiger charge is -2.39. The fourth-order valence-electron chi connectivity index (χ4n) is 3.92. The second kappa shape index (κ2) is 18.9. The van der Waals surface area contributed by atoms with Crippen molar-refractivity contribution in [2.75, 3.05) is 0 Å². The molecule has 0 aromatic heterocycles. The SMILES string of the molecule is CC=CCC[C@@H](CC=O)O[Si](C)(C)C(C)(C)C.CC=CCC[C@@H](O)C[C@@H]1OC(=O)[C@H]1CCCCCC. The first-order valence-electron chi connectivity index (χ1n) is 14.2. The van der Waals surface area contributed by atoms with E-state index in [2.05, 4.69) is 52.9 Å². The average Bonchev–Trinajstić information content (AvgIpc) is 2.78. The maximum atomic E-state index is 11.4. The zero-order valence-corrected chi connectivity index (χ0v) is 25.6. The number of aliphatic hydroxyl groups excluding tert-OH is 1. The Morgan fingerprint density at radius 1 is 1.06 bits per heavy atom. The van der Waals surface area contributed by atoms with E-state index in [0.717, 1.165) is 44.8 Å². The number of carbonyl (C=O) groups excluding carboxylic acids is 2. The van der Waals surface area contributed by atoms with Gasteiger partial charge in [-0.05, 0) is 64.1 Å². The molecule has 4 atom stereocenters. The van der Waals surface area contributed by atoms with Crippen LogP contribution in [0.3, 0.4) is 0 Å². The molecule has 6 heteroatoms. The Balaban J connectivity index is 0.000000686. The standard InChI is InChI=1S/C16H28O3.C14H28O2Si/c1-3-5-7-9-11-14-15(19-16(14)18)12-13(17)10-8-6-4-2;1-7-8-9-10-13(11-12-15)16-17(5,6)14(2,3)4/h4,6,13-15,17H,3,5,7-12H2,1-2H3;7-8,12-13H,9-11H2,1-6H3/t13-,14+,15+;13-/m10/s1. The van der Waals surface area contributed by atoms with Crippen LogP contribution in [0.2, 0.25) is 18.1 Å². The van der Waals surface area contributed by atoms with Gasteiger partial charge in [0.15, 0.2) is 8.32 Å². The molecule has 0 saturated carbocycles. The highest BCUT2D eigenvalue weighted by molar-refractivity contribution is 6.74. The Kier molecular flexibility index (Phi) is 18.3. The molecule has 0 spiro atoms. The Hall–Kier alpha value is -1.24. The Morgan fingerprint density at radius 3 is 2.17 bits per heavy atom. The summed E-state index contributed by atoms with van der Waals surface area (Å²) in [6, 6.07) is 0. The first-order valence-corrected chi connectivity index (χ1v) is 17.1. The molecule has 1 fully saturated rings. The number of ether oxygens (including phenoxy) is 1. The van der Waals surface area contributed by atoms with Crippen LogP contribution in [0.25, 0.3) is 0 Å². The lowest BCUT2D eigenvalue weighted by molar-refractivity contribution is -0.188. The van der Waals surface area contributed by atoms with Crippen molar-refractivity contribution >= 4 is 20.6 Å². The summed E-state index contributed by atoms with van der Waals surface area (Å²) in [7, 11) is -1.75. The smallest absolute Gasteiger partial charge is 0.313 e. The topological polar surface area (TPSA) is 72.8 Å². The molecule has 1 aliphatic heterocycles. The highest BCUT2D eigenvalue weighted by Gasteiger charge is 2.42. The summed E-state index contributed by atoms with van der Waals surface area (Å²) in [6.45, 7) is 17.3. The number of hydrogen-bond acceptors (Lipinski definition) is 5. The van der Waals surface area contributed by atoms with Crippen molar-refractivity contribution in [3.05, 3.63) is 24.3 Å². The average molecular weight is 525 g/mol. The first kappa shape index (κ1) is 34.8. The summed E-state index contributed by atoms with van der Waals surface area (Å²) < 4.78 is 11.4. The third-order valence-corrected chi connectivity index (χ3v) is 11.8. The lowest BCUT2D eigenvalue weighted by Crippen LogP contribution is -2.46. The molecule has 210 valence electrons. The van der Waals surface area contributed by atoms with Crippen molar-refractivity contribution in [2.45, 2.75) is 149 Å². The summed E-state index contributed by atoms with van der Waals surface area (Å²) in [5, 5.41) is 10.1. The van der Waals surface area contributed by atoms with Gasteiger partial charge in [0.25, 0.3) is 0 Å². The Morgan fingerprint density at radius 2 is 1.67 bits per heavy atom. The summed E-state index contributed by atoms with van der Waals surface area (Å²) in [5.74, 6) is -0.0321. The molecule has 0 amide bonds. The van der Waals surface area contributed by atoms with E-state index in [4.69, 9.17) is 9.16 Å². The minimum Gasteiger partial charge on any atom is -0.461 e. The van der Waals surface area contributed by atoms with Gasteiger partial charge in [0.05, 0.1) is 18.1 Å². The van der Waals surface area contributed by atoms with Gasteiger partial charge in [0, 0.05) is 12.8 Å². The third-order valence-electron chi connectivity index (χ3n) is 7.31. The predicted molar refractivity (Wildman–Crippen MR) is 154 cm³/mol. The normalized spacial score (nSPS) is 20.0. The number of aldehydes is 1. The molecular weight excluding hydrogens is 468 g/mol. The Bertz CT molecular complexity index is 650. The molecule has 5 nitrogen and oxygen atoms in total. The van der Waals surface area contributed by atoms with Crippen LogP contribution in [0, 0.1) is 5.92 Å². The number of cyclic esters (lactones) is 1. The second-order valence-electron chi connectivity index (χ2n) is 11.5. The molecule has 0 aliphatic carbocycles. The van der Waals surface area contributed by atoms with Crippen molar-refractivity contribution in [3.8, 4) is 0 Å². The van der Waals surface area contributed by atoms with Crippen LogP contribution in [-0.2, 0) is 18.8 Å². The highest BCUT2D eigenvalue weighted by atomic mass is 28.4. The van der Waals surface area contributed by atoms with E-state index >= 15 is 0 Å². The van der Waals surface area contributed by atoms with Crippen LogP contribution in [0.1, 0.15) is 112 Å². The first-order chi connectivity index (χ1) is 16.9. The van der Waals surface area contributed by atoms with Gasteiger partial charge in [-0.3, -0.25) is 4.79 Å². The molecule has 0 bridgehead atoms. The van der Waals surface area contributed by atoms with Crippen LogP contribution in [0.15, 0.2) is 24.3 Å². The fraction of sp³-hybridized carbons (Fsp3) is 0.800. The second-order valence-corrected chi connectivity index (χ2v) is 16.3. The maximum absolute atomic E-state index is 11.4. The van der Waals surface area contributed by atoms with Gasteiger partial charge >= 0.3 is 5.97 Å². The number of unbranched alkanes of at least 4 members (excludes halogenated alkanes) is 3. The summed E-state index contributed by atoms with van der Waals surface area (Å²) >= 11 is 0. The van der Waals surface area contributed by atoms with Gasteiger partial charge in [0.1, 0.15) is 12.4 Å². The van der Waals surface area contributed by atoms with Crippen LogP contribution in [0.4, 0.5) is 0 Å². The van der Waals surface area contributed by atoms with E-state index < -0.39 is 8.32 Å². The maximum Gasteiger partial charge on any atom is 0.313 e. The predicted octanol–water partition coefficient (Wildman–Crippen LogP) is 7.93. The third kappa shape index (κ3) is 14.5. The number of carbonyl (C=O) groups is 2. The van der Waals surface area contributed by atoms with Crippen LogP contribution in [0.5, 0.6) is 0 Å². The zero-order chi connectivity index (χ0) is 27.6. The molecule has 0 radical (unpaired) electrons. The van der Waals surface area contributed by atoms with E-state index in [1.54, 1.807) is 0 Å². The molecule has 1 rings (SSSR count). The van der Waals surface area contributed by atoms with Gasteiger partial charge in [-0.25, -0.2) is 0 Å². The van der Waals surface area contributed by atoms with Crippen LogP contribution >= 0.6 is 0 Å². The van der Waals surface area contributed by atoms with Crippen molar-refractivity contribution in [3.63, 3.8) is 0 Å². The van der Waals surface area contributed by atoms with Gasteiger partial charge < -0.3 is 19.1 Å². The largest absolute Gasteiger partial charge is 0.461 e. The van der Waals surface area contributed by atoms with E-state index in [0.29, 0.717) is 12.8 Å². The van der Waals surface area contributed by atoms with Crippen LogP contribution in [-0.4, -0.2) is 44.0 Å². The minimum atomic E-state index is -1.75. The molecular formula is C30H56O5Si. The van der Waals surface area contributed by atoms with E-state index in [9.17, 15) is 14.7 Å². The van der Waals surface area contributed by atoms with Gasteiger partial charge in [-0.2, -0.15) is 0 Å². The quantitative estimate of drug-likeness (QED) is 0.0687. The lowest BCUT2D eigenvalue weighted by atomic mass is 9.87. The fourth-order valence-corrected chi connectivity index (χ4v) is 5.32. The molecule has 1 saturated heterocycles. The summed E-state index contributed by atoms with van der Waals surface area (Å²) in [4.78, 5) is 22.1. The molecule has 1 heterocycles. The number of hydrogen-bond donors (Lipinski definition) is 1. The van der Waals surface area contributed by atoms with E-state index in [1.807, 2.05) is 26.0 Å². The van der Waals surface area contributed by atoms with Crippen molar-refractivity contribution in [1.82, 2.24) is 0 Å².